The van der Waals surface area contributed by atoms with Gasteiger partial charge in [0.2, 0.25) is 0 Å². The molecule has 4 aromatic rings. The second-order valence-electron chi connectivity index (χ2n) is 7.97. The first kappa shape index (κ1) is 18.6. The largest absolute Gasteiger partial charge is 0.346 e. The Morgan fingerprint density at radius 1 is 1.07 bits per heavy atom. The van der Waals surface area contributed by atoms with E-state index in [1.807, 2.05) is 61.0 Å². The van der Waals surface area contributed by atoms with Gasteiger partial charge in [0.25, 0.3) is 5.91 Å². The molecule has 1 aliphatic rings. The highest BCUT2D eigenvalue weighted by Crippen LogP contribution is 2.28. The number of rotatable bonds is 4. The van der Waals surface area contributed by atoms with Gasteiger partial charge in [0.1, 0.15) is 0 Å². The second kappa shape index (κ2) is 7.41. The number of nitrogens with one attached hydrogen (secondary N) is 1. The van der Waals surface area contributed by atoms with Gasteiger partial charge in [0.05, 0.1) is 34.7 Å². The molecule has 0 saturated carbocycles. The van der Waals surface area contributed by atoms with E-state index < -0.39 is 0 Å². The average molecular weight is 396 g/mol. The van der Waals surface area contributed by atoms with Crippen molar-refractivity contribution in [3.63, 3.8) is 0 Å². The van der Waals surface area contributed by atoms with E-state index in [0.717, 1.165) is 52.8 Å². The molecule has 150 valence electrons. The van der Waals surface area contributed by atoms with Crippen molar-refractivity contribution in [2.45, 2.75) is 39.7 Å². The van der Waals surface area contributed by atoms with Crippen molar-refractivity contribution < 1.29 is 4.79 Å². The molecule has 1 amide bonds. The summed E-state index contributed by atoms with van der Waals surface area (Å²) in [4.78, 5) is 17.6. The molecule has 2 aromatic heterocycles. The molecule has 5 heteroatoms. The Morgan fingerprint density at radius 2 is 1.90 bits per heavy atom. The van der Waals surface area contributed by atoms with Crippen molar-refractivity contribution in [2.75, 3.05) is 0 Å². The van der Waals surface area contributed by atoms with E-state index >= 15 is 0 Å². The molecule has 5 nitrogen and oxygen atoms in total. The fourth-order valence-electron chi connectivity index (χ4n) is 4.30. The molecular weight excluding hydrogens is 372 g/mol. The maximum absolute atomic E-state index is 12.9. The highest BCUT2D eigenvalue weighted by atomic mass is 16.1. The van der Waals surface area contributed by atoms with Crippen LogP contribution in [0.5, 0.6) is 0 Å². The number of carbonyl (C=O) groups is 1. The third kappa shape index (κ3) is 3.26. The van der Waals surface area contributed by atoms with Gasteiger partial charge < -0.3 is 5.32 Å². The molecule has 0 fully saturated rings. The minimum Gasteiger partial charge on any atom is -0.346 e. The second-order valence-corrected chi connectivity index (χ2v) is 7.97. The number of hydrogen-bond donors (Lipinski definition) is 1. The van der Waals surface area contributed by atoms with Crippen LogP contribution < -0.4 is 5.32 Å². The molecule has 0 spiro atoms. The fraction of sp³-hybridized carbons (Fsp3) is 0.240. The van der Waals surface area contributed by atoms with Crippen LogP contribution in [0.1, 0.15) is 45.0 Å². The summed E-state index contributed by atoms with van der Waals surface area (Å²) < 4.78 is 2.04. The van der Waals surface area contributed by atoms with Crippen LogP contribution in [-0.2, 0) is 19.4 Å². The number of amides is 1. The summed E-state index contributed by atoms with van der Waals surface area (Å²) in [5, 5.41) is 8.89. The summed E-state index contributed by atoms with van der Waals surface area (Å²) in [6.45, 7) is 4.36. The normalized spacial score (nSPS) is 12.9. The van der Waals surface area contributed by atoms with Gasteiger partial charge in [-0.3, -0.25) is 9.78 Å². The van der Waals surface area contributed by atoms with Gasteiger partial charge in [0.15, 0.2) is 0 Å². The van der Waals surface area contributed by atoms with Crippen molar-refractivity contribution >= 4 is 16.8 Å². The molecule has 1 N–H and O–H groups in total. The highest BCUT2D eigenvalue weighted by Gasteiger charge is 2.23. The monoisotopic (exact) mass is 396 g/mol. The highest BCUT2D eigenvalue weighted by molar-refractivity contribution is 5.98. The van der Waals surface area contributed by atoms with E-state index in [-0.39, 0.29) is 5.91 Å². The van der Waals surface area contributed by atoms with Crippen molar-refractivity contribution in [2.24, 2.45) is 0 Å². The van der Waals surface area contributed by atoms with E-state index in [2.05, 4.69) is 22.4 Å². The van der Waals surface area contributed by atoms with Crippen LogP contribution in [0.15, 0.2) is 54.6 Å². The van der Waals surface area contributed by atoms with Crippen LogP contribution in [0, 0.1) is 13.8 Å². The number of aromatic nitrogens is 3. The molecule has 2 aromatic carbocycles. The van der Waals surface area contributed by atoms with E-state index in [0.29, 0.717) is 12.1 Å². The minimum atomic E-state index is -0.108. The third-order valence-electron chi connectivity index (χ3n) is 5.84. The average Bonchev–Trinajstić information content (AvgIpc) is 3.35. The van der Waals surface area contributed by atoms with E-state index in [4.69, 9.17) is 5.10 Å². The summed E-state index contributed by atoms with van der Waals surface area (Å²) in [7, 11) is 0. The number of para-hydroxylation sites is 1. The number of aryl methyl sites for hydroxylation is 2. The standard InChI is InChI=1S/C25H24N4O/c1-16-11-12-18-14-21(17(2)27-22(18)13-16)25(30)26-15-23-20-9-6-10-24(20)29(28-23)19-7-4-3-5-8-19/h3-5,7-8,11-14H,6,9-10,15H2,1-2H3,(H,26,30). The summed E-state index contributed by atoms with van der Waals surface area (Å²) in [6.07, 6.45) is 3.18. The Balaban J connectivity index is 1.40. The number of nitrogens with zero attached hydrogens (tertiary/aromatic N) is 3. The molecule has 2 heterocycles. The predicted molar refractivity (Wildman–Crippen MR) is 118 cm³/mol. The third-order valence-corrected chi connectivity index (χ3v) is 5.84. The number of fused-ring (bicyclic) bond motifs is 2. The fourth-order valence-corrected chi connectivity index (χ4v) is 4.30. The van der Waals surface area contributed by atoms with Crippen LogP contribution in [0.4, 0.5) is 0 Å². The quantitative estimate of drug-likeness (QED) is 0.554. The van der Waals surface area contributed by atoms with Crippen LogP contribution in [0.25, 0.3) is 16.6 Å². The molecule has 0 bridgehead atoms. The van der Waals surface area contributed by atoms with E-state index in [1.54, 1.807) is 0 Å². The minimum absolute atomic E-state index is 0.108. The lowest BCUT2D eigenvalue weighted by Gasteiger charge is -2.09. The zero-order valence-electron chi connectivity index (χ0n) is 17.3. The van der Waals surface area contributed by atoms with Gasteiger partial charge in [-0.2, -0.15) is 5.10 Å². The Labute approximate surface area is 175 Å². The van der Waals surface area contributed by atoms with Crippen molar-refractivity contribution in [3.8, 4) is 5.69 Å². The number of benzene rings is 2. The van der Waals surface area contributed by atoms with Gasteiger partial charge in [-0.1, -0.05) is 30.3 Å². The molecular formula is C25H24N4O. The number of pyridine rings is 1. The lowest BCUT2D eigenvalue weighted by atomic mass is 10.1. The van der Waals surface area contributed by atoms with Crippen molar-refractivity contribution in [1.82, 2.24) is 20.1 Å². The van der Waals surface area contributed by atoms with E-state index in [1.165, 1.54) is 11.3 Å². The first-order chi connectivity index (χ1) is 14.6. The first-order valence-corrected chi connectivity index (χ1v) is 10.4. The molecule has 30 heavy (non-hydrogen) atoms. The predicted octanol–water partition coefficient (Wildman–Crippen LogP) is 4.46. The Bertz CT molecular complexity index is 1260. The molecule has 1 aliphatic carbocycles. The van der Waals surface area contributed by atoms with Crippen LogP contribution in [0.3, 0.4) is 0 Å². The van der Waals surface area contributed by atoms with Crippen molar-refractivity contribution in [1.29, 1.82) is 0 Å². The van der Waals surface area contributed by atoms with Gasteiger partial charge in [-0.05, 0) is 68.5 Å². The first-order valence-electron chi connectivity index (χ1n) is 10.4. The summed E-state index contributed by atoms with van der Waals surface area (Å²) >= 11 is 0. The Hall–Kier alpha value is -3.47. The maximum atomic E-state index is 12.9. The smallest absolute Gasteiger partial charge is 0.253 e. The zero-order chi connectivity index (χ0) is 20.7. The molecule has 0 aliphatic heterocycles. The molecule has 0 unspecified atom stereocenters. The van der Waals surface area contributed by atoms with Gasteiger partial charge in [0, 0.05) is 11.1 Å². The summed E-state index contributed by atoms with van der Waals surface area (Å²) in [5.74, 6) is -0.108. The summed E-state index contributed by atoms with van der Waals surface area (Å²) in [6, 6.07) is 18.2. The Morgan fingerprint density at radius 3 is 2.73 bits per heavy atom. The number of hydrogen-bond acceptors (Lipinski definition) is 3. The molecule has 5 rings (SSSR count). The van der Waals surface area contributed by atoms with Crippen LogP contribution in [-0.4, -0.2) is 20.7 Å². The van der Waals surface area contributed by atoms with Gasteiger partial charge in [-0.25, -0.2) is 4.68 Å². The van der Waals surface area contributed by atoms with Crippen LogP contribution in [0.2, 0.25) is 0 Å². The van der Waals surface area contributed by atoms with Crippen LogP contribution >= 0.6 is 0 Å². The van der Waals surface area contributed by atoms with Crippen molar-refractivity contribution in [3.05, 3.63) is 88.4 Å². The Kier molecular flexibility index (Phi) is 4.58. The number of carbonyl (C=O) groups excluding carboxylic acids is 1. The van der Waals surface area contributed by atoms with Gasteiger partial charge in [-0.15, -0.1) is 0 Å². The topological polar surface area (TPSA) is 59.8 Å². The summed E-state index contributed by atoms with van der Waals surface area (Å²) in [5.41, 5.74) is 8.02. The maximum Gasteiger partial charge on any atom is 0.253 e. The lowest BCUT2D eigenvalue weighted by Crippen LogP contribution is -2.24. The lowest BCUT2D eigenvalue weighted by molar-refractivity contribution is 0.0949. The molecule has 0 saturated heterocycles. The SMILES string of the molecule is Cc1ccc2cc(C(=O)NCc3nn(-c4ccccc4)c4c3CCC4)c(C)nc2c1. The molecule has 0 radical (unpaired) electrons. The van der Waals surface area contributed by atoms with E-state index in [9.17, 15) is 4.79 Å². The van der Waals surface area contributed by atoms with Gasteiger partial charge >= 0.3 is 0 Å². The molecule has 0 atom stereocenters. The zero-order valence-corrected chi connectivity index (χ0v) is 17.3.